The van der Waals surface area contributed by atoms with Gasteiger partial charge in [-0.2, -0.15) is 0 Å². The maximum absolute atomic E-state index is 12.9. The second-order valence-electron chi connectivity index (χ2n) is 9.12. The summed E-state index contributed by atoms with van der Waals surface area (Å²) in [5, 5.41) is 19.9. The highest BCUT2D eigenvalue weighted by Gasteiger charge is 2.34. The first-order valence-corrected chi connectivity index (χ1v) is 12.7. The summed E-state index contributed by atoms with van der Waals surface area (Å²) in [5.41, 5.74) is 1.93. The molecule has 2 aliphatic rings. The van der Waals surface area contributed by atoms with Crippen molar-refractivity contribution in [3.8, 4) is 23.0 Å². The number of ether oxygens (including phenoxy) is 2. The van der Waals surface area contributed by atoms with Crippen molar-refractivity contribution in [2.75, 3.05) is 19.8 Å². The van der Waals surface area contributed by atoms with Crippen molar-refractivity contribution in [3.05, 3.63) is 77.9 Å². The topological polar surface area (TPSA) is 61.9 Å². The minimum absolute atomic E-state index is 0.0265. The molecule has 5 nitrogen and oxygen atoms in total. The van der Waals surface area contributed by atoms with Crippen LogP contribution in [0, 0.1) is 5.92 Å². The van der Waals surface area contributed by atoms with Gasteiger partial charge in [0.2, 0.25) is 0 Å². The van der Waals surface area contributed by atoms with E-state index in [1.807, 2.05) is 42.6 Å². The maximum atomic E-state index is 12.9. The third kappa shape index (κ3) is 5.25. The Labute approximate surface area is 208 Å². The highest BCUT2D eigenvalue weighted by molar-refractivity contribution is 7.99. The molecule has 0 bridgehead atoms. The molecule has 4 unspecified atom stereocenters. The highest BCUT2D eigenvalue weighted by atomic mass is 32.2. The number of nitrogens with zero attached hydrogens (tertiary/aromatic N) is 1. The summed E-state index contributed by atoms with van der Waals surface area (Å²) < 4.78 is 27.5. The Morgan fingerprint density at radius 2 is 1.86 bits per heavy atom. The van der Waals surface area contributed by atoms with Crippen LogP contribution in [0.2, 0.25) is 0 Å². The monoisotopic (exact) mass is 494 g/mol. The minimum Gasteiger partial charge on any atom is -0.508 e. The van der Waals surface area contributed by atoms with Crippen LogP contribution in [-0.2, 0) is 0 Å². The van der Waals surface area contributed by atoms with Crippen molar-refractivity contribution in [3.63, 3.8) is 0 Å². The van der Waals surface area contributed by atoms with Crippen LogP contribution < -0.4 is 9.47 Å². The fourth-order valence-corrected chi connectivity index (χ4v) is 5.87. The third-order valence-corrected chi connectivity index (χ3v) is 7.88. The van der Waals surface area contributed by atoms with Crippen molar-refractivity contribution < 1.29 is 28.7 Å². The molecule has 4 atom stereocenters. The summed E-state index contributed by atoms with van der Waals surface area (Å²) in [6.45, 7) is 3.17. The molecule has 0 radical (unpaired) electrons. The number of benzene rings is 3. The largest absolute Gasteiger partial charge is 0.508 e. The lowest BCUT2D eigenvalue weighted by atomic mass is 10.00. The zero-order chi connectivity index (χ0) is 24.4. The average molecular weight is 495 g/mol. The van der Waals surface area contributed by atoms with E-state index in [0.717, 1.165) is 40.5 Å². The van der Waals surface area contributed by atoms with Crippen LogP contribution in [-0.4, -0.2) is 46.9 Å². The van der Waals surface area contributed by atoms with E-state index < -0.39 is 0 Å². The van der Waals surface area contributed by atoms with Gasteiger partial charge >= 0.3 is 0 Å². The van der Waals surface area contributed by atoms with Gasteiger partial charge < -0.3 is 19.7 Å². The molecule has 0 amide bonds. The smallest absolute Gasteiger partial charge is 0.183 e. The number of alkyl halides is 1. The maximum Gasteiger partial charge on any atom is 0.183 e. The standard InChI is InChI=1S/C28H28FNO4S/c1-18(30-12-11-19(15-29)16-30)17-33-24-8-5-20(6-9-24)27-28(21-3-2-4-22(31)13-21)35-26-14-23(32)7-10-25(26)34-27/h2-10,13-14,16,18-19,27-28H,11-12,15,17H2,1H3,(H-,31,32)/p+1. The molecule has 2 N–H and O–H groups in total. The number of halogens is 1. The molecule has 2 heterocycles. The SMILES string of the molecule is CC(COc1ccc(C2Oc3ccc(O)cc3SC2c2cccc(O)c2)cc1)[N+]1=CC(CF)CC1. The first-order valence-electron chi connectivity index (χ1n) is 11.8. The van der Waals surface area contributed by atoms with Crippen LogP contribution in [0.25, 0.3) is 0 Å². The predicted octanol–water partition coefficient (Wildman–Crippen LogP) is 5.90. The summed E-state index contributed by atoms with van der Waals surface area (Å²) in [6.07, 6.45) is 2.57. The summed E-state index contributed by atoms with van der Waals surface area (Å²) in [5.74, 6) is 1.91. The summed E-state index contributed by atoms with van der Waals surface area (Å²) in [4.78, 5) is 0.859. The van der Waals surface area contributed by atoms with Gasteiger partial charge in [0.05, 0.1) is 16.1 Å². The second kappa shape index (κ2) is 10.2. The number of phenols is 2. The van der Waals surface area contributed by atoms with Crippen molar-refractivity contribution in [2.24, 2.45) is 5.92 Å². The lowest BCUT2D eigenvalue weighted by molar-refractivity contribution is -0.553. The van der Waals surface area contributed by atoms with Crippen LogP contribution in [0.5, 0.6) is 23.0 Å². The van der Waals surface area contributed by atoms with Gasteiger partial charge in [0.25, 0.3) is 0 Å². The van der Waals surface area contributed by atoms with E-state index in [9.17, 15) is 14.6 Å². The van der Waals surface area contributed by atoms with E-state index in [1.165, 1.54) is 0 Å². The Morgan fingerprint density at radius 1 is 1.06 bits per heavy atom. The Kier molecular flexibility index (Phi) is 6.86. The molecule has 0 fully saturated rings. The molecular formula is C28H29FNO4S+. The number of aromatic hydroxyl groups is 2. The number of hydrogen-bond acceptors (Lipinski definition) is 5. The molecule has 35 heavy (non-hydrogen) atoms. The van der Waals surface area contributed by atoms with E-state index in [4.69, 9.17) is 9.47 Å². The van der Waals surface area contributed by atoms with Gasteiger partial charge in [0, 0.05) is 13.3 Å². The highest BCUT2D eigenvalue weighted by Crippen LogP contribution is 2.54. The Balaban J connectivity index is 1.34. The Bertz CT molecular complexity index is 1220. The van der Waals surface area contributed by atoms with E-state index >= 15 is 0 Å². The second-order valence-corrected chi connectivity index (χ2v) is 10.3. The van der Waals surface area contributed by atoms with Gasteiger partial charge in [-0.25, -0.2) is 4.58 Å². The van der Waals surface area contributed by atoms with E-state index in [-0.39, 0.29) is 41.5 Å². The first-order chi connectivity index (χ1) is 17.0. The van der Waals surface area contributed by atoms with Crippen molar-refractivity contribution in [1.29, 1.82) is 0 Å². The molecule has 5 rings (SSSR count). The normalized spacial score (nSPS) is 22.1. The number of rotatable bonds is 7. The first kappa shape index (κ1) is 23.5. The quantitative estimate of drug-likeness (QED) is 0.400. The number of hydrogen-bond donors (Lipinski definition) is 2. The van der Waals surface area contributed by atoms with Crippen molar-refractivity contribution in [1.82, 2.24) is 0 Å². The molecule has 182 valence electrons. The van der Waals surface area contributed by atoms with Crippen molar-refractivity contribution >= 4 is 18.0 Å². The molecule has 3 aromatic rings. The zero-order valence-electron chi connectivity index (χ0n) is 19.5. The molecule has 0 saturated carbocycles. The predicted molar refractivity (Wildman–Crippen MR) is 135 cm³/mol. The molecule has 0 saturated heterocycles. The van der Waals surface area contributed by atoms with Gasteiger partial charge in [-0.15, -0.1) is 11.8 Å². The minimum atomic E-state index is -0.303. The van der Waals surface area contributed by atoms with Crippen LogP contribution in [0.1, 0.15) is 35.8 Å². The van der Waals surface area contributed by atoms with E-state index in [1.54, 1.807) is 42.1 Å². The number of phenolic OH excluding ortho intramolecular Hbond substituents is 2. The van der Waals surface area contributed by atoms with Gasteiger partial charge in [-0.1, -0.05) is 24.3 Å². The Hall–Kier alpha value is -3.19. The molecule has 0 aromatic heterocycles. The van der Waals surface area contributed by atoms with Crippen LogP contribution >= 0.6 is 11.8 Å². The van der Waals surface area contributed by atoms with Crippen molar-refractivity contribution in [2.45, 2.75) is 35.6 Å². The van der Waals surface area contributed by atoms with E-state index in [0.29, 0.717) is 6.61 Å². The fourth-order valence-electron chi connectivity index (χ4n) is 4.56. The summed E-state index contributed by atoms with van der Waals surface area (Å²) in [7, 11) is 0. The molecule has 2 aliphatic heterocycles. The summed E-state index contributed by atoms with van der Waals surface area (Å²) in [6, 6.07) is 20.4. The number of thioether (sulfide) groups is 1. The van der Waals surface area contributed by atoms with Gasteiger partial charge in [0.1, 0.15) is 55.1 Å². The van der Waals surface area contributed by atoms with Gasteiger partial charge in [0.15, 0.2) is 6.04 Å². The van der Waals surface area contributed by atoms with Gasteiger partial charge in [-0.05, 0) is 53.6 Å². The molecular weight excluding hydrogens is 465 g/mol. The third-order valence-electron chi connectivity index (χ3n) is 6.53. The van der Waals surface area contributed by atoms with E-state index in [2.05, 4.69) is 11.5 Å². The molecule has 3 aromatic carbocycles. The lowest BCUT2D eigenvalue weighted by Crippen LogP contribution is -2.28. The summed E-state index contributed by atoms with van der Waals surface area (Å²) >= 11 is 1.61. The Morgan fingerprint density at radius 3 is 2.60 bits per heavy atom. The number of fused-ring (bicyclic) bond motifs is 1. The molecule has 0 aliphatic carbocycles. The zero-order valence-corrected chi connectivity index (χ0v) is 20.3. The fraction of sp³-hybridized carbons (Fsp3) is 0.321. The molecule has 7 heteroatoms. The lowest BCUT2D eigenvalue weighted by Gasteiger charge is -2.34. The van der Waals surface area contributed by atoms with Gasteiger partial charge in [-0.3, -0.25) is 4.39 Å². The van der Waals surface area contributed by atoms with Crippen LogP contribution in [0.3, 0.4) is 0 Å². The van der Waals surface area contributed by atoms with Crippen LogP contribution in [0.4, 0.5) is 4.39 Å². The van der Waals surface area contributed by atoms with Crippen LogP contribution in [0.15, 0.2) is 71.6 Å². The molecule has 0 spiro atoms. The average Bonchev–Trinajstić information content (AvgIpc) is 3.36.